The molecule has 0 spiro atoms. The second-order valence-corrected chi connectivity index (χ2v) is 12.0. The topological polar surface area (TPSA) is 45.7 Å². The zero-order valence-corrected chi connectivity index (χ0v) is 24.6. The molecular formula is C31H32ClF2N3O2S. The van der Waals surface area contributed by atoms with Gasteiger partial charge in [0, 0.05) is 41.6 Å². The number of nitrogens with zero attached hydrogens (tertiary/aromatic N) is 3. The van der Waals surface area contributed by atoms with Crippen LogP contribution >= 0.6 is 22.9 Å². The molecule has 0 aliphatic heterocycles. The molecule has 9 heteroatoms. The van der Waals surface area contributed by atoms with E-state index in [1.165, 1.54) is 0 Å². The summed E-state index contributed by atoms with van der Waals surface area (Å²) in [6.07, 6.45) is 5.33. The van der Waals surface area contributed by atoms with Crippen molar-refractivity contribution in [1.82, 2.24) is 14.8 Å². The Labute approximate surface area is 242 Å². The van der Waals surface area contributed by atoms with E-state index in [9.17, 15) is 13.6 Å². The third-order valence-corrected chi connectivity index (χ3v) is 9.52. The van der Waals surface area contributed by atoms with Crippen LogP contribution in [0.2, 0.25) is 5.02 Å². The lowest BCUT2D eigenvalue weighted by Gasteiger charge is -2.39. The van der Waals surface area contributed by atoms with Crippen LogP contribution in [-0.4, -0.2) is 54.0 Å². The van der Waals surface area contributed by atoms with Gasteiger partial charge in [0.25, 0.3) is 5.91 Å². The van der Waals surface area contributed by atoms with Gasteiger partial charge in [-0.3, -0.25) is 9.78 Å². The summed E-state index contributed by atoms with van der Waals surface area (Å²) in [5.74, 6) is -0.914. The first-order valence-electron chi connectivity index (χ1n) is 13.3. The molecule has 1 fully saturated rings. The van der Waals surface area contributed by atoms with Crippen molar-refractivity contribution < 1.29 is 18.3 Å². The van der Waals surface area contributed by atoms with Crippen LogP contribution < -0.4 is 4.74 Å². The van der Waals surface area contributed by atoms with Crippen molar-refractivity contribution in [3.8, 4) is 16.9 Å². The fourth-order valence-corrected chi connectivity index (χ4v) is 7.03. The highest BCUT2D eigenvalue weighted by Gasteiger charge is 2.33. The third-order valence-electron chi connectivity index (χ3n) is 7.84. The fraction of sp³-hybridized carbons (Fsp3) is 0.355. The van der Waals surface area contributed by atoms with Crippen LogP contribution in [0.5, 0.6) is 5.75 Å². The molecule has 1 aliphatic carbocycles. The molecule has 5 rings (SSSR count). The normalized spacial score (nSPS) is 17.4. The van der Waals surface area contributed by atoms with Crippen LogP contribution in [-0.2, 0) is 6.54 Å². The van der Waals surface area contributed by atoms with Gasteiger partial charge in [-0.05, 0) is 82.6 Å². The lowest BCUT2D eigenvalue weighted by Crippen LogP contribution is -2.44. The smallest absolute Gasteiger partial charge is 0.266 e. The minimum atomic E-state index is -0.643. The van der Waals surface area contributed by atoms with E-state index < -0.39 is 11.6 Å². The molecule has 0 atom stereocenters. The first kappa shape index (κ1) is 28.5. The highest BCUT2D eigenvalue weighted by atomic mass is 35.5. The number of fused-ring (bicyclic) bond motifs is 1. The summed E-state index contributed by atoms with van der Waals surface area (Å²) < 4.78 is 35.0. The van der Waals surface area contributed by atoms with Gasteiger partial charge in [0.05, 0.1) is 22.2 Å². The van der Waals surface area contributed by atoms with Crippen molar-refractivity contribution in [2.24, 2.45) is 0 Å². The molecular weight excluding hydrogens is 552 g/mol. The molecule has 0 N–H and O–H groups in total. The molecule has 210 valence electrons. The van der Waals surface area contributed by atoms with E-state index in [0.717, 1.165) is 71.5 Å². The number of benzene rings is 2. The molecule has 1 aliphatic rings. The maximum atomic E-state index is 14.7. The van der Waals surface area contributed by atoms with E-state index >= 15 is 0 Å². The average molecular weight is 584 g/mol. The van der Waals surface area contributed by atoms with Crippen LogP contribution in [0.15, 0.2) is 48.7 Å². The van der Waals surface area contributed by atoms with Gasteiger partial charge in [-0.1, -0.05) is 23.7 Å². The Balaban J connectivity index is 1.55. The summed E-state index contributed by atoms with van der Waals surface area (Å²) in [4.78, 5) is 22.8. The number of aromatic nitrogens is 1. The van der Waals surface area contributed by atoms with Crippen LogP contribution in [0.1, 0.15) is 46.6 Å². The minimum Gasteiger partial charge on any atom is -0.496 e. The molecule has 0 bridgehead atoms. The van der Waals surface area contributed by atoms with Gasteiger partial charge >= 0.3 is 0 Å². The van der Waals surface area contributed by atoms with E-state index in [0.29, 0.717) is 11.8 Å². The third kappa shape index (κ3) is 5.57. The number of pyridine rings is 1. The van der Waals surface area contributed by atoms with Gasteiger partial charge in [-0.15, -0.1) is 11.3 Å². The average Bonchev–Trinajstić information content (AvgIpc) is 3.32. The van der Waals surface area contributed by atoms with Gasteiger partial charge in [0.1, 0.15) is 22.3 Å². The Hall–Kier alpha value is -3.07. The number of ether oxygens (including phenoxy) is 1. The lowest BCUT2D eigenvalue weighted by atomic mass is 9.89. The number of rotatable bonds is 7. The molecule has 0 saturated heterocycles. The Morgan fingerprint density at radius 3 is 2.33 bits per heavy atom. The van der Waals surface area contributed by atoms with Gasteiger partial charge in [-0.25, -0.2) is 8.78 Å². The largest absolute Gasteiger partial charge is 0.496 e. The van der Waals surface area contributed by atoms with Crippen molar-refractivity contribution in [3.05, 3.63) is 81.5 Å². The zero-order chi connectivity index (χ0) is 28.6. The summed E-state index contributed by atoms with van der Waals surface area (Å²) >= 11 is 7.48. The summed E-state index contributed by atoms with van der Waals surface area (Å²) in [5.41, 5.74) is 3.67. The number of hydrogen-bond donors (Lipinski definition) is 0. The molecule has 0 radical (unpaired) electrons. The molecule has 40 heavy (non-hydrogen) atoms. The first-order valence-corrected chi connectivity index (χ1v) is 14.5. The fourth-order valence-electron chi connectivity index (χ4n) is 5.52. The SMILES string of the molecule is COc1ccc(-c2ccc(C)nc2)cc1CN(C(=O)c1sc2c(F)ccc(F)c2c1Cl)C1CCC(N(C)C)CC1. The summed E-state index contributed by atoms with van der Waals surface area (Å²) in [6, 6.07) is 12.3. The Morgan fingerprint density at radius 2 is 1.70 bits per heavy atom. The number of halogens is 3. The van der Waals surface area contributed by atoms with Crippen LogP contribution in [0, 0.1) is 18.6 Å². The predicted octanol–water partition coefficient (Wildman–Crippen LogP) is 7.73. The highest BCUT2D eigenvalue weighted by molar-refractivity contribution is 7.21. The first-order chi connectivity index (χ1) is 19.2. The van der Waals surface area contributed by atoms with Crippen molar-refractivity contribution in [2.75, 3.05) is 21.2 Å². The predicted molar refractivity (Wildman–Crippen MR) is 157 cm³/mol. The number of thiophene rings is 1. The second-order valence-electron chi connectivity index (χ2n) is 10.6. The van der Waals surface area contributed by atoms with E-state index in [1.54, 1.807) is 7.11 Å². The standard InChI is InChI=1S/C31H32ClF2N3O2S/c1-18-5-6-20(16-35-18)19-7-14-26(39-4)21(15-19)17-37(23-10-8-22(9-11-23)36(2)3)31(38)30-28(32)27-24(33)12-13-25(34)29(27)40-30/h5-7,12-16,22-23H,8-11,17H2,1-4H3. The van der Waals surface area contributed by atoms with Gasteiger partial charge in [0.15, 0.2) is 0 Å². The zero-order valence-electron chi connectivity index (χ0n) is 23.0. The molecule has 0 unspecified atom stereocenters. The van der Waals surface area contributed by atoms with E-state index in [-0.39, 0.29) is 38.5 Å². The Morgan fingerprint density at radius 1 is 1.02 bits per heavy atom. The van der Waals surface area contributed by atoms with Crippen LogP contribution in [0.3, 0.4) is 0 Å². The minimum absolute atomic E-state index is 0.0413. The van der Waals surface area contributed by atoms with Crippen molar-refractivity contribution in [2.45, 2.75) is 51.2 Å². The van der Waals surface area contributed by atoms with Crippen molar-refractivity contribution in [3.63, 3.8) is 0 Å². The second kappa shape index (κ2) is 11.8. The summed E-state index contributed by atoms with van der Waals surface area (Å²) in [5, 5.41) is -0.0850. The number of aryl methyl sites for hydroxylation is 1. The molecule has 1 amide bonds. The number of hydrogen-bond acceptors (Lipinski definition) is 5. The maximum absolute atomic E-state index is 14.7. The molecule has 2 heterocycles. The van der Waals surface area contributed by atoms with Crippen LogP contribution in [0.25, 0.3) is 21.2 Å². The molecule has 1 saturated carbocycles. The lowest BCUT2D eigenvalue weighted by molar-refractivity contribution is 0.0573. The monoisotopic (exact) mass is 583 g/mol. The van der Waals surface area contributed by atoms with E-state index in [1.807, 2.05) is 48.4 Å². The van der Waals surface area contributed by atoms with Gasteiger partial charge in [0.2, 0.25) is 0 Å². The van der Waals surface area contributed by atoms with Crippen molar-refractivity contribution >= 4 is 38.9 Å². The number of amides is 1. The Kier molecular flexibility index (Phi) is 8.40. The molecule has 4 aromatic rings. The maximum Gasteiger partial charge on any atom is 0.266 e. The Bertz CT molecular complexity index is 1530. The van der Waals surface area contributed by atoms with Gasteiger partial charge < -0.3 is 14.5 Å². The number of carbonyl (C=O) groups is 1. The molecule has 5 nitrogen and oxygen atoms in total. The highest BCUT2D eigenvalue weighted by Crippen LogP contribution is 2.41. The quantitative estimate of drug-likeness (QED) is 0.223. The number of methoxy groups -OCH3 is 1. The van der Waals surface area contributed by atoms with E-state index in [2.05, 4.69) is 24.0 Å². The molecule has 2 aromatic carbocycles. The summed E-state index contributed by atoms with van der Waals surface area (Å²) in [7, 11) is 5.75. The summed E-state index contributed by atoms with van der Waals surface area (Å²) in [6.45, 7) is 2.20. The van der Waals surface area contributed by atoms with Crippen molar-refractivity contribution in [1.29, 1.82) is 0 Å². The van der Waals surface area contributed by atoms with E-state index in [4.69, 9.17) is 16.3 Å². The molecule has 2 aromatic heterocycles. The van der Waals surface area contributed by atoms with Gasteiger partial charge in [-0.2, -0.15) is 0 Å². The van der Waals surface area contributed by atoms with Crippen LogP contribution in [0.4, 0.5) is 8.78 Å². The number of carbonyl (C=O) groups excluding carboxylic acids is 1.